The topological polar surface area (TPSA) is 84.4 Å². The van der Waals surface area contributed by atoms with Gasteiger partial charge in [-0.2, -0.15) is 0 Å². The highest BCUT2D eigenvalue weighted by molar-refractivity contribution is 9.10. The highest BCUT2D eigenvalue weighted by Gasteiger charge is 2.12. The Morgan fingerprint density at radius 2 is 1.76 bits per heavy atom. The maximum Gasteiger partial charge on any atom is 0.231 e. The molecule has 1 N–H and O–H groups in total. The first kappa shape index (κ1) is 20.5. The minimum atomic E-state index is -0.225. The van der Waals surface area contributed by atoms with Crippen molar-refractivity contribution >= 4 is 39.2 Å². The molecule has 2 aromatic carbocycles. The van der Waals surface area contributed by atoms with Crippen LogP contribution in [0.2, 0.25) is 0 Å². The Balaban J connectivity index is 1.62. The predicted octanol–water partition coefficient (Wildman–Crippen LogP) is 4.20. The van der Waals surface area contributed by atoms with Crippen LogP contribution in [0.5, 0.6) is 11.6 Å². The van der Waals surface area contributed by atoms with E-state index < -0.39 is 0 Å². The molecule has 0 aliphatic rings. The number of rotatable bonds is 6. The van der Waals surface area contributed by atoms with Crippen molar-refractivity contribution in [1.82, 2.24) is 9.97 Å². The minimum absolute atomic E-state index is 0.0169. The van der Waals surface area contributed by atoms with Crippen LogP contribution in [0, 0.1) is 0 Å². The van der Waals surface area contributed by atoms with Crippen LogP contribution in [0.25, 0.3) is 0 Å². The van der Waals surface area contributed by atoms with Crippen LogP contribution in [-0.4, -0.2) is 28.8 Å². The number of carbonyl (C=O) groups is 2. The second kappa shape index (κ2) is 9.29. The van der Waals surface area contributed by atoms with Crippen molar-refractivity contribution in [3.63, 3.8) is 0 Å². The number of aromatic nitrogens is 2. The molecule has 1 aromatic heterocycles. The van der Waals surface area contributed by atoms with E-state index in [0.29, 0.717) is 17.4 Å². The number of hydrogen-bond donors (Lipinski definition) is 1. The fourth-order valence-corrected chi connectivity index (χ4v) is 2.81. The third kappa shape index (κ3) is 5.86. The van der Waals surface area contributed by atoms with Gasteiger partial charge in [0.25, 0.3) is 0 Å². The molecule has 0 saturated heterocycles. The van der Waals surface area contributed by atoms with E-state index in [1.165, 1.54) is 19.3 Å². The van der Waals surface area contributed by atoms with Gasteiger partial charge in [0, 0.05) is 30.2 Å². The van der Waals surface area contributed by atoms with Gasteiger partial charge in [0.05, 0.1) is 6.42 Å². The fraction of sp³-hybridized carbons (Fsp3) is 0.143. The average Bonchev–Trinajstić information content (AvgIpc) is 2.69. The summed E-state index contributed by atoms with van der Waals surface area (Å²) in [4.78, 5) is 33.2. The molecule has 29 heavy (non-hydrogen) atoms. The molecule has 0 spiro atoms. The highest BCUT2D eigenvalue weighted by Crippen LogP contribution is 2.22. The van der Waals surface area contributed by atoms with E-state index in [1.807, 2.05) is 36.4 Å². The number of likely N-dealkylation sites (N-methyl/N-ethyl adjacent to an activating group) is 1. The van der Waals surface area contributed by atoms with Crippen molar-refractivity contribution in [3.05, 3.63) is 71.0 Å². The van der Waals surface area contributed by atoms with E-state index in [4.69, 9.17) is 4.74 Å². The third-order valence-electron chi connectivity index (χ3n) is 4.04. The number of nitrogens with zero attached hydrogens (tertiary/aromatic N) is 3. The summed E-state index contributed by atoms with van der Waals surface area (Å²) in [5.74, 6) is 0.992. The normalized spacial score (nSPS) is 10.3. The zero-order valence-corrected chi connectivity index (χ0v) is 17.5. The van der Waals surface area contributed by atoms with Crippen LogP contribution < -0.4 is 15.0 Å². The lowest BCUT2D eigenvalue weighted by molar-refractivity contribution is -0.117. The standard InChI is InChI=1S/C21H19BrN4O3/c1-14(27)25-19-12-20(24-13-23-19)29-18-9-3-15(4-10-18)11-21(28)26(2)17-7-5-16(22)6-8-17/h3-10,12-13H,11H2,1-2H3,(H,23,24,25,27). The van der Waals surface area contributed by atoms with Gasteiger partial charge in [-0.25, -0.2) is 9.97 Å². The summed E-state index contributed by atoms with van der Waals surface area (Å²) in [6, 6.07) is 16.3. The summed E-state index contributed by atoms with van der Waals surface area (Å²) >= 11 is 3.39. The van der Waals surface area contributed by atoms with E-state index in [0.717, 1.165) is 15.7 Å². The maximum atomic E-state index is 12.5. The van der Waals surface area contributed by atoms with Crippen molar-refractivity contribution in [3.8, 4) is 11.6 Å². The summed E-state index contributed by atoms with van der Waals surface area (Å²) in [5, 5.41) is 2.57. The Labute approximate surface area is 176 Å². The smallest absolute Gasteiger partial charge is 0.231 e. The Kier molecular flexibility index (Phi) is 6.56. The molecule has 7 nitrogen and oxygen atoms in total. The SMILES string of the molecule is CC(=O)Nc1cc(Oc2ccc(CC(=O)N(C)c3ccc(Br)cc3)cc2)ncn1. The molecule has 1 heterocycles. The minimum Gasteiger partial charge on any atom is -0.439 e. The van der Waals surface area contributed by atoms with Gasteiger partial charge >= 0.3 is 0 Å². The second-order valence-corrected chi connectivity index (χ2v) is 7.19. The lowest BCUT2D eigenvalue weighted by Gasteiger charge is -2.17. The molecule has 2 amide bonds. The number of hydrogen-bond acceptors (Lipinski definition) is 5. The lowest BCUT2D eigenvalue weighted by atomic mass is 10.1. The molecule has 148 valence electrons. The number of anilines is 2. The van der Waals surface area contributed by atoms with Gasteiger partial charge in [0.15, 0.2) is 0 Å². The van der Waals surface area contributed by atoms with Gasteiger partial charge < -0.3 is 15.0 Å². The summed E-state index contributed by atoms with van der Waals surface area (Å²) in [6.07, 6.45) is 1.58. The highest BCUT2D eigenvalue weighted by atomic mass is 79.9. The van der Waals surface area contributed by atoms with E-state index >= 15 is 0 Å². The Morgan fingerprint density at radius 1 is 1.07 bits per heavy atom. The van der Waals surface area contributed by atoms with Crippen molar-refractivity contribution < 1.29 is 14.3 Å². The van der Waals surface area contributed by atoms with E-state index in [1.54, 1.807) is 24.1 Å². The molecule has 8 heteroatoms. The van der Waals surface area contributed by atoms with Crippen molar-refractivity contribution in [1.29, 1.82) is 0 Å². The molecule has 0 unspecified atom stereocenters. The molecule has 0 aliphatic carbocycles. The van der Waals surface area contributed by atoms with E-state index in [-0.39, 0.29) is 18.2 Å². The number of nitrogens with one attached hydrogen (secondary N) is 1. The van der Waals surface area contributed by atoms with E-state index in [2.05, 4.69) is 31.2 Å². The molecule has 0 radical (unpaired) electrons. The first-order valence-electron chi connectivity index (χ1n) is 8.79. The molecule has 0 atom stereocenters. The third-order valence-corrected chi connectivity index (χ3v) is 4.56. The summed E-state index contributed by atoms with van der Waals surface area (Å²) in [5.41, 5.74) is 1.70. The summed E-state index contributed by atoms with van der Waals surface area (Å²) in [7, 11) is 1.75. The zero-order valence-electron chi connectivity index (χ0n) is 15.9. The Hall–Kier alpha value is -3.26. The zero-order chi connectivity index (χ0) is 20.8. The number of halogens is 1. The van der Waals surface area contributed by atoms with Gasteiger partial charge in [-0.3, -0.25) is 9.59 Å². The van der Waals surface area contributed by atoms with Crippen LogP contribution in [0.1, 0.15) is 12.5 Å². The number of benzene rings is 2. The van der Waals surface area contributed by atoms with Crippen molar-refractivity contribution in [2.24, 2.45) is 0 Å². The number of carbonyl (C=O) groups excluding carboxylic acids is 2. The van der Waals surface area contributed by atoms with Crippen LogP contribution in [0.15, 0.2) is 65.4 Å². The molecule has 0 saturated carbocycles. The summed E-state index contributed by atoms with van der Waals surface area (Å²) in [6.45, 7) is 1.40. The molecular formula is C21H19BrN4O3. The van der Waals surface area contributed by atoms with Gasteiger partial charge in [0.1, 0.15) is 17.9 Å². The second-order valence-electron chi connectivity index (χ2n) is 6.27. The van der Waals surface area contributed by atoms with Gasteiger partial charge in [0.2, 0.25) is 17.7 Å². The average molecular weight is 455 g/mol. The number of amides is 2. The first-order valence-corrected chi connectivity index (χ1v) is 9.58. The summed E-state index contributed by atoms with van der Waals surface area (Å²) < 4.78 is 6.65. The van der Waals surface area contributed by atoms with E-state index in [9.17, 15) is 9.59 Å². The molecule has 0 fully saturated rings. The van der Waals surface area contributed by atoms with Crippen LogP contribution in [0.3, 0.4) is 0 Å². The van der Waals surface area contributed by atoms with Crippen LogP contribution in [-0.2, 0) is 16.0 Å². The number of ether oxygens (including phenoxy) is 1. The van der Waals surface area contributed by atoms with Crippen LogP contribution in [0.4, 0.5) is 11.5 Å². The van der Waals surface area contributed by atoms with Crippen molar-refractivity contribution in [2.45, 2.75) is 13.3 Å². The van der Waals surface area contributed by atoms with Crippen molar-refractivity contribution in [2.75, 3.05) is 17.3 Å². The molecule has 3 rings (SSSR count). The molecular weight excluding hydrogens is 436 g/mol. The van der Waals surface area contributed by atoms with Gasteiger partial charge in [-0.15, -0.1) is 0 Å². The van der Waals surface area contributed by atoms with Gasteiger partial charge in [-0.1, -0.05) is 28.1 Å². The lowest BCUT2D eigenvalue weighted by Crippen LogP contribution is -2.27. The molecule has 0 bridgehead atoms. The van der Waals surface area contributed by atoms with Gasteiger partial charge in [-0.05, 0) is 42.0 Å². The predicted molar refractivity (Wildman–Crippen MR) is 114 cm³/mol. The largest absolute Gasteiger partial charge is 0.439 e. The van der Waals surface area contributed by atoms with Crippen LogP contribution >= 0.6 is 15.9 Å². The molecule has 0 aliphatic heterocycles. The fourth-order valence-electron chi connectivity index (χ4n) is 2.54. The maximum absolute atomic E-state index is 12.5. The molecule has 3 aromatic rings. The quantitative estimate of drug-likeness (QED) is 0.603. The monoisotopic (exact) mass is 454 g/mol. The Morgan fingerprint density at radius 3 is 2.41 bits per heavy atom. The Bertz CT molecular complexity index is 1010. The first-order chi connectivity index (χ1) is 13.9.